The molecule has 0 fully saturated rings. The maximum Gasteiger partial charge on any atom is 0.255 e. The first-order chi connectivity index (χ1) is 12.2. The molecule has 128 valence electrons. The molecule has 6 heteroatoms. The first-order valence-corrected chi connectivity index (χ1v) is 9.46. The Hall–Kier alpha value is -2.24. The summed E-state index contributed by atoms with van der Waals surface area (Å²) in [4.78, 5) is 12.4. The number of carbonyl (C=O) groups is 1. The number of halogens is 1. The Morgan fingerprint density at radius 2 is 1.88 bits per heavy atom. The number of nitrogens with zero attached hydrogens (tertiary/aromatic N) is 1. The van der Waals surface area contributed by atoms with Gasteiger partial charge in [-0.3, -0.25) is 9.89 Å². The second kappa shape index (κ2) is 8.74. The van der Waals surface area contributed by atoms with Gasteiger partial charge in [0.2, 0.25) is 0 Å². The minimum atomic E-state index is -0.126. The maximum absolute atomic E-state index is 12.4. The molecule has 2 aromatic carbocycles. The lowest BCUT2D eigenvalue weighted by atomic mass is 10.1. The molecule has 2 N–H and O–H groups in total. The van der Waals surface area contributed by atoms with E-state index in [9.17, 15) is 4.79 Å². The zero-order valence-electron chi connectivity index (χ0n) is 13.5. The molecule has 1 aromatic heterocycles. The van der Waals surface area contributed by atoms with Gasteiger partial charge in [0.05, 0.1) is 17.5 Å². The van der Waals surface area contributed by atoms with Crippen LogP contribution in [0.25, 0.3) is 11.3 Å². The highest BCUT2D eigenvalue weighted by Crippen LogP contribution is 2.22. The number of nitrogens with one attached hydrogen (secondary N) is 2. The van der Waals surface area contributed by atoms with Crippen molar-refractivity contribution in [1.82, 2.24) is 15.5 Å². The van der Waals surface area contributed by atoms with Crippen LogP contribution in [-0.4, -0.2) is 28.4 Å². The number of thioether (sulfide) groups is 1. The Balaban J connectivity index is 1.50. The highest BCUT2D eigenvalue weighted by atomic mass is 35.5. The van der Waals surface area contributed by atoms with E-state index in [1.54, 1.807) is 30.1 Å². The molecule has 1 heterocycles. The van der Waals surface area contributed by atoms with E-state index in [-0.39, 0.29) is 5.91 Å². The van der Waals surface area contributed by atoms with Crippen molar-refractivity contribution < 1.29 is 4.79 Å². The monoisotopic (exact) mass is 371 g/mol. The van der Waals surface area contributed by atoms with Crippen molar-refractivity contribution in [2.75, 3.05) is 12.3 Å². The predicted molar refractivity (Wildman–Crippen MR) is 104 cm³/mol. The van der Waals surface area contributed by atoms with Crippen LogP contribution in [0, 0.1) is 0 Å². The van der Waals surface area contributed by atoms with Crippen LogP contribution < -0.4 is 5.32 Å². The first-order valence-electron chi connectivity index (χ1n) is 7.93. The Kier molecular flexibility index (Phi) is 6.14. The van der Waals surface area contributed by atoms with Crippen molar-refractivity contribution in [3.63, 3.8) is 0 Å². The number of hydrogen-bond acceptors (Lipinski definition) is 3. The van der Waals surface area contributed by atoms with Crippen LogP contribution in [-0.2, 0) is 5.75 Å². The summed E-state index contributed by atoms with van der Waals surface area (Å²) >= 11 is 7.71. The van der Waals surface area contributed by atoms with Gasteiger partial charge in [0.25, 0.3) is 5.91 Å². The third kappa shape index (κ3) is 4.87. The fourth-order valence-electron chi connectivity index (χ4n) is 2.39. The number of H-pyrrole nitrogens is 1. The largest absolute Gasteiger partial charge is 0.351 e. The molecule has 1 amide bonds. The molecule has 25 heavy (non-hydrogen) atoms. The molecule has 0 spiro atoms. The number of benzene rings is 2. The molecule has 0 aliphatic carbocycles. The van der Waals surface area contributed by atoms with Crippen molar-refractivity contribution >= 4 is 29.3 Å². The first kappa shape index (κ1) is 17.6. The topological polar surface area (TPSA) is 57.8 Å². The van der Waals surface area contributed by atoms with Crippen molar-refractivity contribution in [3.05, 3.63) is 76.9 Å². The lowest BCUT2D eigenvalue weighted by Gasteiger charge is -2.06. The molecule has 0 bridgehead atoms. The minimum Gasteiger partial charge on any atom is -0.351 e. The quantitative estimate of drug-likeness (QED) is 0.605. The summed E-state index contributed by atoms with van der Waals surface area (Å²) in [6.45, 7) is 0.613. The summed E-state index contributed by atoms with van der Waals surface area (Å²) in [5.41, 5.74) is 3.41. The van der Waals surface area contributed by atoms with Crippen molar-refractivity contribution in [2.45, 2.75) is 5.75 Å². The lowest BCUT2D eigenvalue weighted by Crippen LogP contribution is -2.25. The molecule has 0 aliphatic rings. The van der Waals surface area contributed by atoms with Crippen LogP contribution >= 0.6 is 23.4 Å². The van der Waals surface area contributed by atoms with Gasteiger partial charge in [0, 0.05) is 28.6 Å². The Morgan fingerprint density at radius 1 is 1.12 bits per heavy atom. The predicted octanol–water partition coefficient (Wildman–Crippen LogP) is 4.39. The standard InChI is InChI=1S/C19H18ClN3OS/c20-16-8-6-15(7-9-16)18-17(12-22-23-18)19(24)21-10-11-25-13-14-4-2-1-3-5-14/h1-9,12H,10-11,13H2,(H,21,24)(H,22,23). The summed E-state index contributed by atoms with van der Waals surface area (Å²) in [6.07, 6.45) is 1.55. The summed E-state index contributed by atoms with van der Waals surface area (Å²) in [6, 6.07) is 17.6. The fourth-order valence-corrected chi connectivity index (χ4v) is 3.34. The smallest absolute Gasteiger partial charge is 0.255 e. The Bertz CT molecular complexity index is 818. The third-order valence-corrected chi connectivity index (χ3v) is 4.94. The molecular weight excluding hydrogens is 354 g/mol. The summed E-state index contributed by atoms with van der Waals surface area (Å²) < 4.78 is 0. The second-order valence-electron chi connectivity index (χ2n) is 5.46. The van der Waals surface area contributed by atoms with E-state index in [4.69, 9.17) is 11.6 Å². The van der Waals surface area contributed by atoms with Gasteiger partial charge in [-0.1, -0.05) is 54.1 Å². The minimum absolute atomic E-state index is 0.126. The number of hydrogen-bond donors (Lipinski definition) is 2. The Morgan fingerprint density at radius 3 is 2.64 bits per heavy atom. The molecular formula is C19H18ClN3OS. The van der Waals surface area contributed by atoms with Crippen LogP contribution in [0.15, 0.2) is 60.8 Å². The highest BCUT2D eigenvalue weighted by Gasteiger charge is 2.14. The third-order valence-electron chi connectivity index (χ3n) is 3.66. The van der Waals surface area contributed by atoms with Gasteiger partial charge >= 0.3 is 0 Å². The number of aromatic nitrogens is 2. The van der Waals surface area contributed by atoms with Gasteiger partial charge < -0.3 is 5.32 Å². The van der Waals surface area contributed by atoms with Crippen LogP contribution in [0.4, 0.5) is 0 Å². The highest BCUT2D eigenvalue weighted by molar-refractivity contribution is 7.98. The second-order valence-corrected chi connectivity index (χ2v) is 7.00. The van der Waals surface area contributed by atoms with Crippen molar-refractivity contribution in [2.24, 2.45) is 0 Å². The normalized spacial score (nSPS) is 10.6. The molecule has 0 aliphatic heterocycles. The van der Waals surface area contributed by atoms with E-state index in [0.29, 0.717) is 22.8 Å². The average Bonchev–Trinajstić information content (AvgIpc) is 3.12. The molecule has 0 saturated heterocycles. The van der Waals surface area contributed by atoms with Crippen molar-refractivity contribution in [3.8, 4) is 11.3 Å². The van der Waals surface area contributed by atoms with Crippen LogP contribution in [0.1, 0.15) is 15.9 Å². The van der Waals surface area contributed by atoms with Gasteiger partial charge in [-0.15, -0.1) is 0 Å². The summed E-state index contributed by atoms with van der Waals surface area (Å²) in [7, 11) is 0. The number of carbonyl (C=O) groups excluding carboxylic acids is 1. The van der Waals surface area contributed by atoms with Crippen molar-refractivity contribution in [1.29, 1.82) is 0 Å². The number of amides is 1. The van der Waals surface area contributed by atoms with Crippen LogP contribution in [0.2, 0.25) is 5.02 Å². The fraction of sp³-hybridized carbons (Fsp3) is 0.158. The van der Waals surface area contributed by atoms with Gasteiger partial charge in [0.1, 0.15) is 0 Å². The van der Waals surface area contributed by atoms with E-state index >= 15 is 0 Å². The molecule has 3 aromatic rings. The van der Waals surface area contributed by atoms with E-state index in [1.165, 1.54) is 5.56 Å². The molecule has 0 atom stereocenters. The van der Waals surface area contributed by atoms with E-state index in [2.05, 4.69) is 27.6 Å². The van der Waals surface area contributed by atoms with Crippen LogP contribution in [0.3, 0.4) is 0 Å². The van der Waals surface area contributed by atoms with Gasteiger partial charge in [-0.25, -0.2) is 0 Å². The molecule has 0 unspecified atom stereocenters. The van der Waals surface area contributed by atoms with Crippen LogP contribution in [0.5, 0.6) is 0 Å². The Labute approximate surface area is 156 Å². The maximum atomic E-state index is 12.4. The van der Waals surface area contributed by atoms with Gasteiger partial charge in [-0.2, -0.15) is 16.9 Å². The van der Waals surface area contributed by atoms with Gasteiger partial charge in [0.15, 0.2) is 0 Å². The van der Waals surface area contributed by atoms with E-state index in [1.807, 2.05) is 30.3 Å². The number of aromatic amines is 1. The molecule has 0 saturated carbocycles. The number of rotatable bonds is 7. The zero-order chi connectivity index (χ0) is 17.5. The summed E-state index contributed by atoms with van der Waals surface area (Å²) in [5, 5.41) is 10.5. The lowest BCUT2D eigenvalue weighted by molar-refractivity contribution is 0.0957. The summed E-state index contributed by atoms with van der Waals surface area (Å²) in [5.74, 6) is 1.67. The van der Waals surface area contributed by atoms with E-state index in [0.717, 1.165) is 17.1 Å². The molecule has 3 rings (SSSR count). The molecule has 4 nitrogen and oxygen atoms in total. The average molecular weight is 372 g/mol. The zero-order valence-corrected chi connectivity index (χ0v) is 15.1. The molecule has 0 radical (unpaired) electrons. The SMILES string of the molecule is O=C(NCCSCc1ccccc1)c1cn[nH]c1-c1ccc(Cl)cc1. The van der Waals surface area contributed by atoms with E-state index < -0.39 is 0 Å². The van der Waals surface area contributed by atoms with Gasteiger partial charge in [-0.05, 0) is 17.7 Å².